The molecule has 1 heterocycles. The number of anilines is 3. The van der Waals surface area contributed by atoms with Gasteiger partial charge in [0.05, 0.1) is 23.3 Å². The summed E-state index contributed by atoms with van der Waals surface area (Å²) in [7, 11) is 0. The number of hydrogen-bond acceptors (Lipinski definition) is 5. The molecule has 4 fully saturated rings. The van der Waals surface area contributed by atoms with Crippen molar-refractivity contribution >= 4 is 40.5 Å². The minimum atomic E-state index is -0.847. The Morgan fingerprint density at radius 2 is 1.75 bits per heavy atom. The molecule has 4 bridgehead atoms. The van der Waals surface area contributed by atoms with Gasteiger partial charge in [-0.25, -0.2) is 4.68 Å². The van der Waals surface area contributed by atoms with Crippen molar-refractivity contribution in [1.82, 2.24) is 9.78 Å². The number of rotatable bonds is 5. The summed E-state index contributed by atoms with van der Waals surface area (Å²) in [6.07, 6.45) is 5.79. The Balaban J connectivity index is 1.47. The van der Waals surface area contributed by atoms with Gasteiger partial charge in [-0.2, -0.15) is 5.10 Å². The van der Waals surface area contributed by atoms with E-state index < -0.39 is 23.0 Å². The Morgan fingerprint density at radius 3 is 2.34 bits per heavy atom. The summed E-state index contributed by atoms with van der Waals surface area (Å²) in [5, 5.41) is 20.3. The lowest BCUT2D eigenvalue weighted by atomic mass is 9.48. The van der Waals surface area contributed by atoms with Crippen molar-refractivity contribution in [2.75, 3.05) is 10.6 Å². The Bertz CT molecular complexity index is 1130. The molecule has 9 heteroatoms. The van der Waals surface area contributed by atoms with Crippen LogP contribution in [-0.2, 0) is 15.1 Å². The number of aromatic nitrogens is 2. The molecule has 4 saturated carbocycles. The summed E-state index contributed by atoms with van der Waals surface area (Å²) < 4.78 is 1.38. The monoisotopic (exact) mass is 456 g/mol. The van der Waals surface area contributed by atoms with Crippen LogP contribution < -0.4 is 16.2 Å². The number of aliphatic carboxylic acids is 1. The van der Waals surface area contributed by atoms with E-state index in [1.54, 1.807) is 24.3 Å². The topological polar surface area (TPSA) is 113 Å². The SMILES string of the molecule is CC(=O)Nc1ccc(Nc2cnn(C34C[C@@H]5CC(C[C@@H](C5)C3)[C@H]4C(=O)O)c(=O)c2Cl)cc1. The first-order valence-electron chi connectivity index (χ1n) is 10.9. The molecule has 32 heavy (non-hydrogen) atoms. The van der Waals surface area contributed by atoms with E-state index >= 15 is 0 Å². The van der Waals surface area contributed by atoms with Crippen LogP contribution in [0.4, 0.5) is 17.1 Å². The van der Waals surface area contributed by atoms with Gasteiger partial charge >= 0.3 is 5.97 Å². The summed E-state index contributed by atoms with van der Waals surface area (Å²) in [5.74, 6) is -0.653. The maximum atomic E-state index is 13.3. The first kappa shape index (κ1) is 21.0. The molecule has 5 atom stereocenters. The zero-order chi connectivity index (χ0) is 22.6. The fraction of sp³-hybridized carbons (Fsp3) is 0.478. The molecule has 0 aliphatic heterocycles. The first-order chi connectivity index (χ1) is 15.3. The fourth-order valence-corrected chi connectivity index (χ4v) is 6.74. The van der Waals surface area contributed by atoms with Crippen LogP contribution in [0.25, 0.3) is 0 Å². The van der Waals surface area contributed by atoms with Crippen LogP contribution in [-0.4, -0.2) is 26.8 Å². The molecule has 2 unspecified atom stereocenters. The second-order valence-electron chi connectivity index (χ2n) is 9.50. The van der Waals surface area contributed by atoms with Gasteiger partial charge in [0.2, 0.25) is 5.91 Å². The van der Waals surface area contributed by atoms with Crippen LogP contribution >= 0.6 is 11.6 Å². The Hall–Kier alpha value is -2.87. The van der Waals surface area contributed by atoms with Gasteiger partial charge in [-0.3, -0.25) is 14.4 Å². The molecule has 3 N–H and O–H groups in total. The standard InChI is InChI=1S/C23H25ClN4O4/c1-12(29)26-16-2-4-17(5-3-16)27-18-11-25-28(21(30)20(18)24)23-9-13-6-14(10-23)8-15(7-13)19(23)22(31)32/h2-5,11,13-15,19,27H,6-10H2,1H3,(H,26,29)(H,31,32)/t13-,14+,15?,19-,23?/m0/s1. The summed E-state index contributed by atoms with van der Waals surface area (Å²) in [6, 6.07) is 6.98. The lowest BCUT2D eigenvalue weighted by Crippen LogP contribution is -2.63. The number of carbonyl (C=O) groups is 2. The minimum Gasteiger partial charge on any atom is -0.481 e. The highest BCUT2D eigenvalue weighted by Gasteiger charge is 2.61. The number of amides is 1. The molecule has 0 radical (unpaired) electrons. The van der Waals surface area contributed by atoms with Crippen LogP contribution in [0, 0.1) is 23.7 Å². The first-order valence-corrected chi connectivity index (χ1v) is 11.3. The highest BCUT2D eigenvalue weighted by molar-refractivity contribution is 6.33. The van der Waals surface area contributed by atoms with Crippen molar-refractivity contribution in [3.8, 4) is 0 Å². The van der Waals surface area contributed by atoms with Crippen molar-refractivity contribution in [3.63, 3.8) is 0 Å². The molecule has 6 rings (SSSR count). The van der Waals surface area contributed by atoms with Crippen LogP contribution in [0.5, 0.6) is 0 Å². The number of nitrogens with zero attached hydrogens (tertiary/aromatic N) is 2. The van der Waals surface area contributed by atoms with E-state index in [4.69, 9.17) is 11.6 Å². The van der Waals surface area contributed by atoms with Crippen LogP contribution in [0.1, 0.15) is 39.0 Å². The zero-order valence-electron chi connectivity index (χ0n) is 17.7. The second kappa shape index (κ2) is 7.62. The minimum absolute atomic E-state index is 0.00850. The number of hydrogen-bond donors (Lipinski definition) is 3. The Morgan fingerprint density at radius 1 is 1.12 bits per heavy atom. The van der Waals surface area contributed by atoms with E-state index in [0.717, 1.165) is 19.3 Å². The third-order valence-electron chi connectivity index (χ3n) is 7.36. The highest BCUT2D eigenvalue weighted by atomic mass is 35.5. The fourth-order valence-electron chi connectivity index (χ4n) is 6.57. The van der Waals surface area contributed by atoms with E-state index in [2.05, 4.69) is 15.7 Å². The second-order valence-corrected chi connectivity index (χ2v) is 9.88. The van der Waals surface area contributed by atoms with Crippen molar-refractivity contribution in [3.05, 3.63) is 45.8 Å². The van der Waals surface area contributed by atoms with Gasteiger partial charge in [0.15, 0.2) is 0 Å². The predicted octanol–water partition coefficient (Wildman–Crippen LogP) is 3.83. The van der Waals surface area contributed by atoms with Gasteiger partial charge in [0.25, 0.3) is 5.56 Å². The van der Waals surface area contributed by atoms with Gasteiger partial charge < -0.3 is 15.7 Å². The third-order valence-corrected chi connectivity index (χ3v) is 7.73. The third kappa shape index (κ3) is 3.37. The summed E-state index contributed by atoms with van der Waals surface area (Å²) >= 11 is 6.48. The van der Waals surface area contributed by atoms with E-state index in [1.807, 2.05) is 0 Å². The number of carbonyl (C=O) groups excluding carboxylic acids is 1. The molecule has 0 saturated heterocycles. The van der Waals surface area contributed by atoms with Crippen LogP contribution in [0.2, 0.25) is 5.02 Å². The van der Waals surface area contributed by atoms with Gasteiger partial charge in [-0.15, -0.1) is 0 Å². The van der Waals surface area contributed by atoms with Crippen molar-refractivity contribution < 1.29 is 14.7 Å². The van der Waals surface area contributed by atoms with Crippen LogP contribution in [0.15, 0.2) is 35.3 Å². The summed E-state index contributed by atoms with van der Waals surface area (Å²) in [6.45, 7) is 1.44. The summed E-state index contributed by atoms with van der Waals surface area (Å²) in [5.41, 5.74) is 0.429. The van der Waals surface area contributed by atoms with Gasteiger partial charge in [0, 0.05) is 18.3 Å². The number of carboxylic acids is 1. The average Bonchev–Trinajstić information content (AvgIpc) is 2.71. The smallest absolute Gasteiger partial charge is 0.309 e. The van der Waals surface area contributed by atoms with Crippen molar-refractivity contribution in [2.24, 2.45) is 23.7 Å². The van der Waals surface area contributed by atoms with E-state index in [9.17, 15) is 19.5 Å². The molecule has 4 aliphatic carbocycles. The number of carboxylic acid groups (broad SMARTS) is 1. The summed E-state index contributed by atoms with van der Waals surface area (Å²) in [4.78, 5) is 36.7. The molecule has 4 aliphatic rings. The Labute approximate surface area is 190 Å². The number of benzene rings is 1. The van der Waals surface area contributed by atoms with Crippen LogP contribution in [0.3, 0.4) is 0 Å². The molecule has 1 aromatic heterocycles. The lowest BCUT2D eigenvalue weighted by Gasteiger charge is -2.59. The molecular formula is C23H25ClN4O4. The number of nitrogens with one attached hydrogen (secondary N) is 2. The quantitative estimate of drug-likeness (QED) is 0.630. The van der Waals surface area contributed by atoms with Gasteiger partial charge in [-0.1, -0.05) is 11.6 Å². The molecule has 8 nitrogen and oxygen atoms in total. The molecular weight excluding hydrogens is 432 g/mol. The lowest BCUT2D eigenvalue weighted by molar-refractivity contribution is -0.168. The number of halogens is 1. The average molecular weight is 457 g/mol. The van der Waals surface area contributed by atoms with E-state index in [-0.39, 0.29) is 16.8 Å². The molecule has 1 aromatic carbocycles. The molecule has 168 valence electrons. The molecule has 2 aromatic rings. The van der Waals surface area contributed by atoms with Gasteiger partial charge in [0.1, 0.15) is 5.02 Å². The predicted molar refractivity (Wildman–Crippen MR) is 120 cm³/mol. The maximum absolute atomic E-state index is 13.3. The highest BCUT2D eigenvalue weighted by Crippen LogP contribution is 2.61. The van der Waals surface area contributed by atoms with Crippen molar-refractivity contribution in [1.29, 1.82) is 0 Å². The van der Waals surface area contributed by atoms with E-state index in [0.29, 0.717) is 41.7 Å². The Kier molecular flexibility index (Phi) is 5.00. The largest absolute Gasteiger partial charge is 0.481 e. The normalized spacial score (nSPS) is 30.2. The molecule has 1 amide bonds. The van der Waals surface area contributed by atoms with Gasteiger partial charge in [-0.05, 0) is 74.1 Å². The zero-order valence-corrected chi connectivity index (χ0v) is 18.4. The van der Waals surface area contributed by atoms with E-state index in [1.165, 1.54) is 17.8 Å². The maximum Gasteiger partial charge on any atom is 0.309 e. The molecule has 0 spiro atoms. The van der Waals surface area contributed by atoms with Crippen molar-refractivity contribution in [2.45, 2.75) is 44.6 Å².